The standard InChI is InChI=1S/C11H20O2.C5H8O3.C4H6O2/c1-4-7-8-10(5-2)9-13-11(12)6-3;1-3-5(7)8-4(2)6;1-3-6-4(2)5/h6,10H,3-5,7-9H2,1-2H3;3-4,6H,1H2,2H3;3H,1H2,2H3. The molecular formula is C20H34O7. The lowest BCUT2D eigenvalue weighted by molar-refractivity contribution is -0.158. The number of aliphatic hydroxyl groups is 1. The van der Waals surface area contributed by atoms with Gasteiger partial charge in [-0.1, -0.05) is 52.8 Å². The van der Waals surface area contributed by atoms with Crippen LogP contribution in [0.3, 0.4) is 0 Å². The number of esters is 3. The zero-order valence-corrected chi connectivity index (χ0v) is 16.9. The topological polar surface area (TPSA) is 99.1 Å². The maximum atomic E-state index is 10.8. The molecule has 7 heteroatoms. The minimum atomic E-state index is -1.04. The van der Waals surface area contributed by atoms with Crippen molar-refractivity contribution < 1.29 is 33.7 Å². The van der Waals surface area contributed by atoms with Gasteiger partial charge in [-0.3, -0.25) is 4.79 Å². The number of aliphatic hydroxyl groups excluding tert-OH is 1. The molecule has 0 fully saturated rings. The van der Waals surface area contributed by atoms with Crippen molar-refractivity contribution in [2.24, 2.45) is 5.92 Å². The van der Waals surface area contributed by atoms with Gasteiger partial charge in [-0.25, -0.2) is 9.59 Å². The van der Waals surface area contributed by atoms with E-state index in [9.17, 15) is 14.4 Å². The maximum absolute atomic E-state index is 10.8. The van der Waals surface area contributed by atoms with E-state index in [1.54, 1.807) is 0 Å². The van der Waals surface area contributed by atoms with Gasteiger partial charge in [-0.05, 0) is 19.3 Å². The van der Waals surface area contributed by atoms with Crippen molar-refractivity contribution in [3.8, 4) is 0 Å². The third-order valence-corrected chi connectivity index (χ3v) is 2.87. The fourth-order valence-electron chi connectivity index (χ4n) is 1.49. The molecule has 156 valence electrons. The van der Waals surface area contributed by atoms with Gasteiger partial charge in [0, 0.05) is 19.1 Å². The number of rotatable bonds is 10. The second kappa shape index (κ2) is 21.6. The first-order valence-electron chi connectivity index (χ1n) is 8.76. The fourth-order valence-corrected chi connectivity index (χ4v) is 1.49. The summed E-state index contributed by atoms with van der Waals surface area (Å²) in [6, 6.07) is 0. The van der Waals surface area contributed by atoms with Crippen molar-refractivity contribution in [1.82, 2.24) is 0 Å². The first-order valence-corrected chi connectivity index (χ1v) is 8.76. The Bertz CT molecular complexity index is 442. The first-order chi connectivity index (χ1) is 12.7. The monoisotopic (exact) mass is 386 g/mol. The van der Waals surface area contributed by atoms with Crippen LogP contribution in [-0.2, 0) is 28.6 Å². The molecule has 0 radical (unpaired) electrons. The van der Waals surface area contributed by atoms with Gasteiger partial charge in [0.05, 0.1) is 12.9 Å². The van der Waals surface area contributed by atoms with E-state index in [2.05, 4.69) is 43.1 Å². The van der Waals surface area contributed by atoms with Gasteiger partial charge in [0.2, 0.25) is 0 Å². The predicted molar refractivity (Wildman–Crippen MR) is 104 cm³/mol. The highest BCUT2D eigenvalue weighted by atomic mass is 16.6. The molecule has 0 rings (SSSR count). The molecule has 0 aromatic heterocycles. The van der Waals surface area contributed by atoms with Crippen molar-refractivity contribution in [3.05, 3.63) is 38.2 Å². The van der Waals surface area contributed by atoms with Crippen LogP contribution in [0, 0.1) is 5.92 Å². The average molecular weight is 386 g/mol. The van der Waals surface area contributed by atoms with E-state index in [-0.39, 0.29) is 11.9 Å². The Morgan fingerprint density at radius 3 is 1.89 bits per heavy atom. The van der Waals surface area contributed by atoms with E-state index in [0.29, 0.717) is 12.5 Å². The molecule has 0 saturated heterocycles. The van der Waals surface area contributed by atoms with Gasteiger partial charge in [0.1, 0.15) is 0 Å². The number of carbonyl (C=O) groups is 3. The molecule has 27 heavy (non-hydrogen) atoms. The Hall–Kier alpha value is -2.41. The highest BCUT2D eigenvalue weighted by Gasteiger charge is 2.07. The van der Waals surface area contributed by atoms with Gasteiger partial charge < -0.3 is 19.3 Å². The van der Waals surface area contributed by atoms with Crippen LogP contribution in [0.2, 0.25) is 0 Å². The Balaban J connectivity index is -0.000000351. The van der Waals surface area contributed by atoms with E-state index in [4.69, 9.17) is 9.84 Å². The quantitative estimate of drug-likeness (QED) is 0.201. The molecule has 0 aliphatic carbocycles. The molecule has 2 unspecified atom stereocenters. The van der Waals surface area contributed by atoms with Crippen molar-refractivity contribution >= 4 is 17.9 Å². The summed E-state index contributed by atoms with van der Waals surface area (Å²) in [4.78, 5) is 30.6. The smallest absolute Gasteiger partial charge is 0.332 e. The van der Waals surface area contributed by atoms with E-state index >= 15 is 0 Å². The molecular weight excluding hydrogens is 352 g/mol. The lowest BCUT2D eigenvalue weighted by Gasteiger charge is -2.13. The number of hydrogen-bond donors (Lipinski definition) is 1. The van der Waals surface area contributed by atoms with Crippen LogP contribution in [0.5, 0.6) is 0 Å². The molecule has 2 atom stereocenters. The Morgan fingerprint density at radius 1 is 1.07 bits per heavy atom. The Morgan fingerprint density at radius 2 is 1.63 bits per heavy atom. The SMILES string of the molecule is C=CC(=O)OC(C)O.C=CC(=O)OCC(CC)CCCC.C=COC(C)=O. The van der Waals surface area contributed by atoms with E-state index < -0.39 is 12.3 Å². The average Bonchev–Trinajstić information content (AvgIpc) is 2.61. The van der Waals surface area contributed by atoms with Crippen LogP contribution in [0.1, 0.15) is 53.4 Å². The lowest BCUT2D eigenvalue weighted by atomic mass is 10.0. The van der Waals surface area contributed by atoms with Crippen molar-refractivity contribution in [1.29, 1.82) is 0 Å². The molecule has 7 nitrogen and oxygen atoms in total. The van der Waals surface area contributed by atoms with Crippen molar-refractivity contribution in [2.75, 3.05) is 6.61 Å². The minimum Gasteiger partial charge on any atom is -0.462 e. The zero-order chi connectivity index (χ0) is 21.7. The summed E-state index contributed by atoms with van der Waals surface area (Å²) < 4.78 is 13.3. The number of ether oxygens (including phenoxy) is 3. The predicted octanol–water partition coefficient (Wildman–Crippen LogP) is 3.68. The lowest BCUT2D eigenvalue weighted by Crippen LogP contribution is -2.12. The Labute approximate surface area is 162 Å². The molecule has 0 aromatic carbocycles. The molecule has 0 spiro atoms. The van der Waals surface area contributed by atoms with Crippen molar-refractivity contribution in [3.63, 3.8) is 0 Å². The van der Waals surface area contributed by atoms with Gasteiger partial charge in [0.25, 0.3) is 0 Å². The van der Waals surface area contributed by atoms with E-state index in [1.165, 1.54) is 32.8 Å². The molecule has 0 aliphatic heterocycles. The number of carbonyl (C=O) groups excluding carboxylic acids is 3. The fraction of sp³-hybridized carbons (Fsp3) is 0.550. The highest BCUT2D eigenvalue weighted by molar-refractivity contribution is 5.81. The van der Waals surface area contributed by atoms with Crippen LogP contribution >= 0.6 is 0 Å². The summed E-state index contributed by atoms with van der Waals surface area (Å²) in [6.45, 7) is 17.1. The second-order valence-corrected chi connectivity index (χ2v) is 5.27. The molecule has 1 N–H and O–H groups in total. The summed E-state index contributed by atoms with van der Waals surface area (Å²) in [5, 5.41) is 8.36. The normalized spacial score (nSPS) is 11.0. The zero-order valence-electron chi connectivity index (χ0n) is 16.9. The van der Waals surface area contributed by atoms with Crippen LogP contribution in [0.4, 0.5) is 0 Å². The van der Waals surface area contributed by atoms with Gasteiger partial charge in [-0.15, -0.1) is 0 Å². The number of unbranched alkanes of at least 4 members (excludes halogenated alkanes) is 1. The van der Waals surface area contributed by atoms with Gasteiger partial charge >= 0.3 is 17.9 Å². The summed E-state index contributed by atoms with van der Waals surface area (Å²) in [5.74, 6) is -0.733. The summed E-state index contributed by atoms with van der Waals surface area (Å²) >= 11 is 0. The van der Waals surface area contributed by atoms with Crippen LogP contribution in [0.25, 0.3) is 0 Å². The van der Waals surface area contributed by atoms with Crippen LogP contribution in [0.15, 0.2) is 38.2 Å². The molecule has 0 aliphatic rings. The van der Waals surface area contributed by atoms with Gasteiger partial charge in [0.15, 0.2) is 6.29 Å². The molecule has 0 saturated carbocycles. The molecule has 0 aromatic rings. The van der Waals surface area contributed by atoms with Crippen LogP contribution < -0.4 is 0 Å². The third-order valence-electron chi connectivity index (χ3n) is 2.87. The highest BCUT2D eigenvalue weighted by Crippen LogP contribution is 2.12. The summed E-state index contributed by atoms with van der Waals surface area (Å²) in [6.07, 6.45) is 6.90. The largest absolute Gasteiger partial charge is 0.462 e. The molecule has 0 bridgehead atoms. The summed E-state index contributed by atoms with van der Waals surface area (Å²) in [5.41, 5.74) is 0. The van der Waals surface area contributed by atoms with E-state index in [0.717, 1.165) is 25.2 Å². The Kier molecular flexibility index (Phi) is 23.5. The molecule has 0 amide bonds. The van der Waals surface area contributed by atoms with Gasteiger partial charge in [-0.2, -0.15) is 0 Å². The second-order valence-electron chi connectivity index (χ2n) is 5.27. The number of hydrogen-bond acceptors (Lipinski definition) is 7. The third kappa shape index (κ3) is 28.7. The van der Waals surface area contributed by atoms with Crippen LogP contribution in [-0.4, -0.2) is 35.9 Å². The van der Waals surface area contributed by atoms with Crippen molar-refractivity contribution in [2.45, 2.75) is 59.7 Å². The van der Waals surface area contributed by atoms with E-state index in [1.807, 2.05) is 0 Å². The summed E-state index contributed by atoms with van der Waals surface area (Å²) in [7, 11) is 0. The molecule has 0 heterocycles. The minimum absolute atomic E-state index is 0.310. The first kappa shape index (κ1) is 29.4. The maximum Gasteiger partial charge on any atom is 0.332 e.